The molecule has 4 saturated carbocycles. The number of aliphatic hydroxyl groups excluding tert-OH is 1. The zero-order chi connectivity index (χ0) is 35.1. The monoisotopic (exact) mass is 673 g/mol. The van der Waals surface area contributed by atoms with Crippen LogP contribution in [0.5, 0.6) is 0 Å². The fraction of sp³-hybridized carbons (Fsp3) is 0.600. The number of rotatable bonds is 7. The molecule has 2 aromatic rings. The second kappa shape index (κ2) is 13.5. The number of nitrogens with one attached hydrogen (secondary N) is 1. The maximum absolute atomic E-state index is 13.6. The minimum atomic E-state index is -1.66. The van der Waals surface area contributed by atoms with Crippen LogP contribution in [0.2, 0.25) is 0 Å². The van der Waals surface area contributed by atoms with E-state index in [1.54, 1.807) is 57.2 Å². The normalized spacial score (nSPS) is 33.6. The maximum Gasteiger partial charge on any atom is 0.408 e. The Morgan fingerprint density at radius 2 is 1.55 bits per heavy atom. The van der Waals surface area contributed by atoms with Crippen LogP contribution in [-0.2, 0) is 23.8 Å². The highest BCUT2D eigenvalue weighted by molar-refractivity contribution is 5.89. The Morgan fingerprint density at radius 3 is 2.22 bits per heavy atom. The Bertz CT molecular complexity index is 1540. The summed E-state index contributed by atoms with van der Waals surface area (Å²) in [6.07, 6.45) is 2.61. The summed E-state index contributed by atoms with van der Waals surface area (Å²) < 4.78 is 17.8. The van der Waals surface area contributed by atoms with Gasteiger partial charge in [0.15, 0.2) is 6.10 Å². The van der Waals surface area contributed by atoms with Crippen LogP contribution in [0.1, 0.15) is 108 Å². The van der Waals surface area contributed by atoms with Crippen molar-refractivity contribution in [1.82, 2.24) is 5.32 Å². The lowest BCUT2D eigenvalue weighted by atomic mass is 9.44. The summed E-state index contributed by atoms with van der Waals surface area (Å²) >= 11 is 0. The van der Waals surface area contributed by atoms with Gasteiger partial charge in [-0.1, -0.05) is 62.4 Å². The SMILES string of the molecule is CC(C)(C)OC(=O)N[C@@H](c1ccccc1)[C@@H](O)C(=O)O[C@@H]1CC[C@]2(C)C3CC[C@]4(C)C(=O)CCC4C3[C@H](OC(=O)c3ccccc3)C[C@@H]2C1. The molecule has 2 aromatic carbocycles. The van der Waals surface area contributed by atoms with Gasteiger partial charge in [-0.3, -0.25) is 4.79 Å². The van der Waals surface area contributed by atoms with Gasteiger partial charge in [-0.15, -0.1) is 0 Å². The summed E-state index contributed by atoms with van der Waals surface area (Å²) in [5.74, 6) is -0.189. The molecule has 0 spiro atoms. The lowest BCUT2D eigenvalue weighted by molar-refractivity contribution is -0.184. The number of ketones is 1. The zero-order valence-corrected chi connectivity index (χ0v) is 29.4. The van der Waals surface area contributed by atoms with Gasteiger partial charge in [-0.25, -0.2) is 14.4 Å². The summed E-state index contributed by atoms with van der Waals surface area (Å²) in [4.78, 5) is 52.9. The van der Waals surface area contributed by atoms with Gasteiger partial charge in [0, 0.05) is 17.8 Å². The van der Waals surface area contributed by atoms with E-state index in [1.807, 2.05) is 24.3 Å². The number of carbonyl (C=O) groups is 4. The van der Waals surface area contributed by atoms with Crippen LogP contribution in [0, 0.1) is 34.5 Å². The van der Waals surface area contributed by atoms with Crippen LogP contribution in [0.4, 0.5) is 4.79 Å². The van der Waals surface area contributed by atoms with Crippen LogP contribution in [0.3, 0.4) is 0 Å². The Kier molecular flexibility index (Phi) is 9.70. The van der Waals surface area contributed by atoms with Crippen molar-refractivity contribution in [2.45, 2.75) is 116 Å². The number of hydrogen-bond donors (Lipinski definition) is 2. The first-order chi connectivity index (χ1) is 23.2. The van der Waals surface area contributed by atoms with Gasteiger partial charge in [0.25, 0.3) is 0 Å². The van der Waals surface area contributed by atoms with Crippen molar-refractivity contribution in [2.75, 3.05) is 0 Å². The fourth-order valence-corrected chi connectivity index (χ4v) is 9.75. The van der Waals surface area contributed by atoms with Crippen LogP contribution in [-0.4, -0.2) is 52.8 Å². The molecule has 10 atom stereocenters. The molecule has 0 aromatic heterocycles. The first-order valence-corrected chi connectivity index (χ1v) is 17.9. The third kappa shape index (κ3) is 7.01. The lowest BCUT2D eigenvalue weighted by Crippen LogP contribution is -2.59. The number of fused-ring (bicyclic) bond motifs is 5. The summed E-state index contributed by atoms with van der Waals surface area (Å²) in [6, 6.07) is 16.8. The van der Waals surface area contributed by atoms with E-state index >= 15 is 0 Å². The van der Waals surface area contributed by atoms with E-state index in [9.17, 15) is 24.3 Å². The molecule has 2 N–H and O–H groups in total. The summed E-state index contributed by atoms with van der Waals surface area (Å²) in [5, 5.41) is 14.0. The number of carbonyl (C=O) groups excluding carboxylic acids is 4. The summed E-state index contributed by atoms with van der Waals surface area (Å²) in [5.41, 5.74) is -0.161. The largest absolute Gasteiger partial charge is 0.460 e. The number of alkyl carbamates (subject to hydrolysis) is 1. The third-order valence-corrected chi connectivity index (χ3v) is 12.3. The van der Waals surface area contributed by atoms with E-state index in [0.29, 0.717) is 42.6 Å². The molecule has 49 heavy (non-hydrogen) atoms. The van der Waals surface area contributed by atoms with Crippen molar-refractivity contribution < 1.29 is 38.5 Å². The molecule has 4 aliphatic rings. The lowest BCUT2D eigenvalue weighted by Gasteiger charge is -2.61. The average Bonchev–Trinajstić information content (AvgIpc) is 3.37. The van der Waals surface area contributed by atoms with Crippen LogP contribution < -0.4 is 5.32 Å². The van der Waals surface area contributed by atoms with Crippen LogP contribution in [0.25, 0.3) is 0 Å². The molecule has 4 fully saturated rings. The van der Waals surface area contributed by atoms with E-state index in [-0.39, 0.29) is 46.6 Å². The molecule has 3 unspecified atom stereocenters. The van der Waals surface area contributed by atoms with Gasteiger partial charge in [0.2, 0.25) is 0 Å². The van der Waals surface area contributed by atoms with Gasteiger partial charge in [-0.05, 0) is 107 Å². The topological polar surface area (TPSA) is 128 Å². The molecule has 9 nitrogen and oxygen atoms in total. The van der Waals surface area contributed by atoms with Crippen molar-refractivity contribution in [3.8, 4) is 0 Å². The summed E-state index contributed by atoms with van der Waals surface area (Å²) in [6.45, 7) is 9.69. The Morgan fingerprint density at radius 1 is 0.878 bits per heavy atom. The van der Waals surface area contributed by atoms with E-state index in [4.69, 9.17) is 14.2 Å². The van der Waals surface area contributed by atoms with Crippen LogP contribution in [0.15, 0.2) is 60.7 Å². The van der Waals surface area contributed by atoms with Gasteiger partial charge in [0.05, 0.1) is 11.6 Å². The van der Waals surface area contributed by atoms with Gasteiger partial charge >= 0.3 is 18.0 Å². The number of esters is 2. The van der Waals surface area contributed by atoms with E-state index < -0.39 is 35.9 Å². The molecular formula is C40H51NO8. The standard InChI is InChI=1S/C40H51NO8/c1-38(2,3)49-37(46)41-33(24-12-8-6-9-13-24)34(43)36(45)47-27-18-20-39(4)26(22-27)23-30(48-35(44)25-14-10-7-11-15-25)32-28-16-17-31(42)40(28,5)21-19-29(32)39/h6-15,26-30,32-34,43H,16-23H2,1-5H3,(H,41,46)/t26-,27+,28?,29?,30+,32?,33-,34+,39-,40-/m0/s1. The molecule has 6 rings (SSSR count). The Labute approximate surface area is 289 Å². The van der Waals surface area contributed by atoms with E-state index in [0.717, 1.165) is 25.7 Å². The van der Waals surface area contributed by atoms with Crippen molar-refractivity contribution in [3.63, 3.8) is 0 Å². The van der Waals surface area contributed by atoms with Crippen molar-refractivity contribution in [2.24, 2.45) is 34.5 Å². The molecule has 0 saturated heterocycles. The Balaban J connectivity index is 1.20. The molecular weight excluding hydrogens is 622 g/mol. The number of benzene rings is 2. The molecule has 9 heteroatoms. The van der Waals surface area contributed by atoms with Gasteiger partial charge < -0.3 is 24.6 Å². The van der Waals surface area contributed by atoms with Crippen LogP contribution >= 0.6 is 0 Å². The summed E-state index contributed by atoms with van der Waals surface area (Å²) in [7, 11) is 0. The zero-order valence-electron chi connectivity index (χ0n) is 29.4. The minimum absolute atomic E-state index is 0.0698. The van der Waals surface area contributed by atoms with E-state index in [2.05, 4.69) is 19.2 Å². The fourth-order valence-electron chi connectivity index (χ4n) is 9.75. The second-order valence-corrected chi connectivity index (χ2v) is 16.3. The molecule has 4 aliphatic carbocycles. The molecule has 0 bridgehead atoms. The quantitative estimate of drug-likeness (QED) is 0.238. The van der Waals surface area contributed by atoms with Gasteiger partial charge in [-0.2, -0.15) is 0 Å². The maximum atomic E-state index is 13.6. The third-order valence-electron chi connectivity index (χ3n) is 12.3. The first kappa shape index (κ1) is 35.1. The van der Waals surface area contributed by atoms with Gasteiger partial charge in [0.1, 0.15) is 23.6 Å². The first-order valence-electron chi connectivity index (χ1n) is 17.9. The predicted molar refractivity (Wildman–Crippen MR) is 182 cm³/mol. The highest BCUT2D eigenvalue weighted by atomic mass is 16.6. The molecule has 0 heterocycles. The second-order valence-electron chi connectivity index (χ2n) is 16.3. The molecule has 264 valence electrons. The van der Waals surface area contributed by atoms with Crippen molar-refractivity contribution >= 4 is 23.8 Å². The highest BCUT2D eigenvalue weighted by Gasteiger charge is 2.63. The number of amides is 1. The molecule has 0 radical (unpaired) electrons. The van der Waals surface area contributed by atoms with E-state index in [1.165, 1.54) is 0 Å². The molecule has 0 aliphatic heterocycles. The number of aliphatic hydroxyl groups is 1. The molecule has 1 amide bonds. The minimum Gasteiger partial charge on any atom is -0.460 e. The average molecular weight is 674 g/mol. The Hall–Kier alpha value is -3.72. The number of hydrogen-bond acceptors (Lipinski definition) is 8. The highest BCUT2D eigenvalue weighted by Crippen LogP contribution is 2.66. The predicted octanol–water partition coefficient (Wildman–Crippen LogP) is 6.97. The van der Waals surface area contributed by atoms with Crippen molar-refractivity contribution in [1.29, 1.82) is 0 Å². The smallest absolute Gasteiger partial charge is 0.408 e. The van der Waals surface area contributed by atoms with Crippen molar-refractivity contribution in [3.05, 3.63) is 71.8 Å². The number of Topliss-reactive ketones (excluding diaryl/α,β-unsaturated/α-hetero) is 1. The number of ether oxygens (including phenoxy) is 3.